The molecular formula is C17H23NO2. The van der Waals surface area contributed by atoms with E-state index in [1.54, 1.807) is 12.3 Å². The SMILES string of the molecule is Cc1occc1C(=O)NCC12CC3CC(CC(C3)C1)C2. The minimum atomic E-state index is 0.0343. The maximum atomic E-state index is 12.2. The second kappa shape index (κ2) is 4.37. The lowest BCUT2D eigenvalue weighted by atomic mass is 9.49. The highest BCUT2D eigenvalue weighted by molar-refractivity contribution is 5.95. The van der Waals surface area contributed by atoms with Crippen LogP contribution < -0.4 is 5.32 Å². The zero-order valence-electron chi connectivity index (χ0n) is 12.2. The summed E-state index contributed by atoms with van der Waals surface area (Å²) in [4.78, 5) is 12.2. The van der Waals surface area contributed by atoms with Gasteiger partial charge in [0.05, 0.1) is 11.8 Å². The second-order valence-electron chi connectivity index (χ2n) is 7.49. The molecule has 0 unspecified atom stereocenters. The maximum absolute atomic E-state index is 12.2. The first-order chi connectivity index (χ1) is 9.63. The van der Waals surface area contributed by atoms with Crippen molar-refractivity contribution >= 4 is 5.91 Å². The summed E-state index contributed by atoms with van der Waals surface area (Å²) < 4.78 is 5.22. The molecule has 4 aliphatic carbocycles. The van der Waals surface area contributed by atoms with Crippen LogP contribution in [0.25, 0.3) is 0 Å². The number of nitrogens with one attached hydrogen (secondary N) is 1. The Morgan fingerprint density at radius 3 is 2.35 bits per heavy atom. The van der Waals surface area contributed by atoms with Gasteiger partial charge in [-0.1, -0.05) is 0 Å². The minimum Gasteiger partial charge on any atom is -0.469 e. The van der Waals surface area contributed by atoms with Crippen LogP contribution in [0.1, 0.15) is 54.6 Å². The van der Waals surface area contributed by atoms with E-state index in [0.717, 1.165) is 24.3 Å². The highest BCUT2D eigenvalue weighted by atomic mass is 16.3. The Bertz CT molecular complexity index is 496. The monoisotopic (exact) mass is 273 g/mol. The highest BCUT2D eigenvalue weighted by Crippen LogP contribution is 2.59. The second-order valence-corrected chi connectivity index (χ2v) is 7.49. The molecule has 0 radical (unpaired) electrons. The zero-order valence-corrected chi connectivity index (χ0v) is 12.2. The predicted octanol–water partition coefficient (Wildman–Crippen LogP) is 3.53. The van der Waals surface area contributed by atoms with Crippen LogP contribution in [0.2, 0.25) is 0 Å². The Morgan fingerprint density at radius 1 is 1.25 bits per heavy atom. The average molecular weight is 273 g/mol. The van der Waals surface area contributed by atoms with Gasteiger partial charge < -0.3 is 9.73 Å². The quantitative estimate of drug-likeness (QED) is 0.915. The van der Waals surface area contributed by atoms with E-state index >= 15 is 0 Å². The fraction of sp³-hybridized carbons (Fsp3) is 0.706. The Hall–Kier alpha value is -1.25. The van der Waals surface area contributed by atoms with Crippen molar-refractivity contribution in [2.75, 3.05) is 6.54 Å². The van der Waals surface area contributed by atoms with Gasteiger partial charge in [-0.05, 0) is 74.7 Å². The summed E-state index contributed by atoms with van der Waals surface area (Å²) in [6.07, 6.45) is 9.96. The van der Waals surface area contributed by atoms with Crippen molar-refractivity contribution in [1.82, 2.24) is 5.32 Å². The molecule has 0 saturated heterocycles. The van der Waals surface area contributed by atoms with E-state index in [-0.39, 0.29) is 5.91 Å². The van der Waals surface area contributed by atoms with Crippen molar-refractivity contribution in [3.63, 3.8) is 0 Å². The van der Waals surface area contributed by atoms with Crippen molar-refractivity contribution in [2.45, 2.75) is 45.4 Å². The molecule has 1 aromatic heterocycles. The number of hydrogen-bond acceptors (Lipinski definition) is 2. The maximum Gasteiger partial charge on any atom is 0.254 e. The number of carbonyl (C=O) groups excluding carboxylic acids is 1. The first kappa shape index (κ1) is 12.5. The third-order valence-corrected chi connectivity index (χ3v) is 5.89. The molecule has 0 atom stereocenters. The lowest BCUT2D eigenvalue weighted by Gasteiger charge is -2.56. The molecule has 1 N–H and O–H groups in total. The van der Waals surface area contributed by atoms with Crippen molar-refractivity contribution in [1.29, 1.82) is 0 Å². The molecule has 108 valence electrons. The third kappa shape index (κ3) is 1.99. The first-order valence-corrected chi connectivity index (χ1v) is 7.96. The van der Waals surface area contributed by atoms with E-state index in [4.69, 9.17) is 4.42 Å². The summed E-state index contributed by atoms with van der Waals surface area (Å²) in [5.41, 5.74) is 1.09. The van der Waals surface area contributed by atoms with Gasteiger partial charge >= 0.3 is 0 Å². The van der Waals surface area contributed by atoms with Crippen LogP contribution in [0.4, 0.5) is 0 Å². The van der Waals surface area contributed by atoms with Crippen LogP contribution in [0.3, 0.4) is 0 Å². The number of furan rings is 1. The Morgan fingerprint density at radius 2 is 1.85 bits per heavy atom. The number of aryl methyl sites for hydroxylation is 1. The number of amides is 1. The van der Waals surface area contributed by atoms with Crippen LogP contribution in [0, 0.1) is 30.1 Å². The van der Waals surface area contributed by atoms with Crippen LogP contribution in [-0.4, -0.2) is 12.5 Å². The summed E-state index contributed by atoms with van der Waals surface area (Å²) in [6, 6.07) is 1.77. The third-order valence-electron chi connectivity index (χ3n) is 5.89. The predicted molar refractivity (Wildman–Crippen MR) is 76.4 cm³/mol. The molecule has 0 spiro atoms. The van der Waals surface area contributed by atoms with E-state index in [0.29, 0.717) is 16.7 Å². The van der Waals surface area contributed by atoms with E-state index in [1.165, 1.54) is 38.5 Å². The van der Waals surface area contributed by atoms with E-state index in [9.17, 15) is 4.79 Å². The van der Waals surface area contributed by atoms with Crippen molar-refractivity contribution in [3.05, 3.63) is 23.7 Å². The van der Waals surface area contributed by atoms with Gasteiger partial charge in [-0.2, -0.15) is 0 Å². The van der Waals surface area contributed by atoms with Crippen LogP contribution in [-0.2, 0) is 0 Å². The number of hydrogen-bond donors (Lipinski definition) is 1. The van der Waals surface area contributed by atoms with Gasteiger partial charge in [-0.25, -0.2) is 0 Å². The van der Waals surface area contributed by atoms with E-state index in [1.807, 2.05) is 6.92 Å². The minimum absolute atomic E-state index is 0.0343. The number of rotatable bonds is 3. The molecule has 4 saturated carbocycles. The molecule has 4 bridgehead atoms. The van der Waals surface area contributed by atoms with Crippen molar-refractivity contribution in [2.24, 2.45) is 23.2 Å². The molecule has 1 aromatic rings. The van der Waals surface area contributed by atoms with Gasteiger partial charge in [-0.3, -0.25) is 4.79 Å². The molecule has 5 rings (SSSR count). The summed E-state index contributed by atoms with van der Waals surface area (Å²) >= 11 is 0. The van der Waals surface area contributed by atoms with Gasteiger partial charge in [0.15, 0.2) is 0 Å². The zero-order chi connectivity index (χ0) is 13.7. The van der Waals surface area contributed by atoms with Gasteiger partial charge in [0.1, 0.15) is 5.76 Å². The van der Waals surface area contributed by atoms with E-state index < -0.39 is 0 Å². The molecular weight excluding hydrogens is 250 g/mol. The Balaban J connectivity index is 1.45. The molecule has 1 amide bonds. The molecule has 20 heavy (non-hydrogen) atoms. The number of carbonyl (C=O) groups is 1. The normalized spacial score (nSPS) is 38.1. The summed E-state index contributed by atoms with van der Waals surface area (Å²) in [5, 5.41) is 3.18. The van der Waals surface area contributed by atoms with E-state index in [2.05, 4.69) is 5.32 Å². The molecule has 3 heteroatoms. The Kier molecular flexibility index (Phi) is 2.73. The van der Waals surface area contributed by atoms with Crippen LogP contribution >= 0.6 is 0 Å². The molecule has 0 aliphatic heterocycles. The van der Waals surface area contributed by atoms with Gasteiger partial charge in [-0.15, -0.1) is 0 Å². The molecule has 4 fully saturated rings. The van der Waals surface area contributed by atoms with Crippen LogP contribution in [0.15, 0.2) is 16.7 Å². The molecule has 1 heterocycles. The van der Waals surface area contributed by atoms with Crippen LogP contribution in [0.5, 0.6) is 0 Å². The molecule has 0 aromatic carbocycles. The first-order valence-electron chi connectivity index (χ1n) is 7.96. The summed E-state index contributed by atoms with van der Waals surface area (Å²) in [5.74, 6) is 3.57. The fourth-order valence-corrected chi connectivity index (χ4v) is 5.49. The lowest BCUT2D eigenvalue weighted by molar-refractivity contribution is -0.0503. The van der Waals surface area contributed by atoms with Crippen molar-refractivity contribution in [3.8, 4) is 0 Å². The van der Waals surface area contributed by atoms with Gasteiger partial charge in [0.2, 0.25) is 0 Å². The molecule has 4 aliphatic rings. The standard InChI is InChI=1S/C17H23NO2/c1-11-15(2-3-20-11)16(19)18-10-17-7-12-4-13(8-17)6-14(5-12)9-17/h2-3,12-14H,4-10H2,1H3,(H,18,19). The average Bonchev–Trinajstić information content (AvgIpc) is 2.81. The molecule has 3 nitrogen and oxygen atoms in total. The summed E-state index contributed by atoms with van der Waals surface area (Å²) in [6.45, 7) is 2.71. The smallest absolute Gasteiger partial charge is 0.254 e. The van der Waals surface area contributed by atoms with Gasteiger partial charge in [0.25, 0.3) is 5.91 Å². The Labute approximate surface area is 120 Å². The summed E-state index contributed by atoms with van der Waals surface area (Å²) in [7, 11) is 0. The van der Waals surface area contributed by atoms with Crippen molar-refractivity contribution < 1.29 is 9.21 Å². The topological polar surface area (TPSA) is 42.2 Å². The largest absolute Gasteiger partial charge is 0.469 e. The van der Waals surface area contributed by atoms with Gasteiger partial charge in [0, 0.05) is 6.54 Å². The lowest BCUT2D eigenvalue weighted by Crippen LogP contribution is -2.51. The fourth-order valence-electron chi connectivity index (χ4n) is 5.49. The highest BCUT2D eigenvalue weighted by Gasteiger charge is 2.50.